The maximum atomic E-state index is 11.2. The normalized spacial score (nSPS) is 10.9. The maximum Gasteiger partial charge on any atom is 0.323 e. The number of nitrogens with one attached hydrogen (secondary N) is 1. The molecule has 0 unspecified atom stereocenters. The van der Waals surface area contributed by atoms with Gasteiger partial charge in [0.05, 0.1) is 13.1 Å². The van der Waals surface area contributed by atoms with Crippen LogP contribution >= 0.6 is 0 Å². The third kappa shape index (κ3) is 4.00. The van der Waals surface area contributed by atoms with Crippen LogP contribution in [0.15, 0.2) is 0 Å². The summed E-state index contributed by atoms with van der Waals surface area (Å²) < 4.78 is 0. The molecule has 0 fully saturated rings. The highest BCUT2D eigenvalue weighted by Gasteiger charge is 2.32. The van der Waals surface area contributed by atoms with E-state index in [1.54, 1.807) is 7.05 Å². The van der Waals surface area contributed by atoms with Gasteiger partial charge in [-0.05, 0) is 20.9 Å². The minimum atomic E-state index is -1.08. The second kappa shape index (κ2) is 5.37. The molecule has 5 heteroatoms. The average molecular weight is 212 g/mol. The number of carbonyl (C=O) groups is 2. The lowest BCUT2D eigenvalue weighted by atomic mass is 10.0. The number of nitrogens with zero attached hydrogens (tertiary/aromatic N) is 1. The van der Waals surface area contributed by atoms with Gasteiger partial charge in [0.15, 0.2) is 0 Å². The van der Waals surface area contributed by atoms with Gasteiger partial charge in [-0.1, -0.05) is 5.92 Å². The number of hydrogen-bond acceptors (Lipinski definition) is 3. The van der Waals surface area contributed by atoms with Gasteiger partial charge in [0.25, 0.3) is 0 Å². The molecule has 0 bridgehead atoms. The van der Waals surface area contributed by atoms with Gasteiger partial charge in [-0.15, -0.1) is 6.42 Å². The van der Waals surface area contributed by atoms with Crippen molar-refractivity contribution >= 4 is 11.9 Å². The van der Waals surface area contributed by atoms with Crippen LogP contribution in [0.4, 0.5) is 0 Å². The quantitative estimate of drug-likeness (QED) is 0.604. The van der Waals surface area contributed by atoms with Crippen LogP contribution in [-0.4, -0.2) is 47.6 Å². The average Bonchev–Trinajstić information content (AvgIpc) is 2.14. The van der Waals surface area contributed by atoms with Gasteiger partial charge >= 0.3 is 5.97 Å². The number of terminal acetylenes is 1. The van der Waals surface area contributed by atoms with Crippen molar-refractivity contribution in [2.75, 3.05) is 20.1 Å². The topological polar surface area (TPSA) is 69.6 Å². The molecule has 0 aliphatic carbocycles. The summed E-state index contributed by atoms with van der Waals surface area (Å²) >= 11 is 0. The number of carboxylic acids is 1. The number of carboxylic acid groups (broad SMARTS) is 1. The molecule has 0 spiro atoms. The van der Waals surface area contributed by atoms with E-state index in [0.717, 1.165) is 0 Å². The standard InChI is InChI=1S/C10H16N2O3/c1-5-6-11-8(13)7-12(4)10(2,3)9(14)15/h1H,6-7H2,2-4H3,(H,11,13)(H,14,15). The second-order valence-electron chi connectivity index (χ2n) is 3.70. The van der Waals surface area contributed by atoms with Crippen molar-refractivity contribution in [1.82, 2.24) is 10.2 Å². The number of likely N-dealkylation sites (N-methyl/N-ethyl adjacent to an activating group) is 1. The zero-order valence-electron chi connectivity index (χ0n) is 9.20. The second-order valence-corrected chi connectivity index (χ2v) is 3.70. The molecule has 0 aliphatic rings. The predicted molar refractivity (Wildman–Crippen MR) is 56.2 cm³/mol. The number of carbonyl (C=O) groups excluding carboxylic acids is 1. The number of aliphatic carboxylic acids is 1. The Labute approximate surface area is 89.4 Å². The molecule has 0 aromatic heterocycles. The number of rotatable bonds is 5. The van der Waals surface area contributed by atoms with Gasteiger partial charge in [0.1, 0.15) is 5.54 Å². The van der Waals surface area contributed by atoms with Gasteiger partial charge < -0.3 is 10.4 Å². The first-order valence-corrected chi connectivity index (χ1v) is 4.47. The molecule has 0 atom stereocenters. The third-order valence-electron chi connectivity index (χ3n) is 2.25. The zero-order valence-corrected chi connectivity index (χ0v) is 9.20. The lowest BCUT2D eigenvalue weighted by Gasteiger charge is -2.30. The van der Waals surface area contributed by atoms with Crippen LogP contribution in [-0.2, 0) is 9.59 Å². The molecule has 0 radical (unpaired) electrons. The molecule has 5 nitrogen and oxygen atoms in total. The van der Waals surface area contributed by atoms with Crippen molar-refractivity contribution in [1.29, 1.82) is 0 Å². The van der Waals surface area contributed by atoms with E-state index in [0.29, 0.717) is 0 Å². The monoisotopic (exact) mass is 212 g/mol. The van der Waals surface area contributed by atoms with Crippen molar-refractivity contribution < 1.29 is 14.7 Å². The SMILES string of the molecule is C#CCNC(=O)CN(C)C(C)(C)C(=O)O. The van der Waals surface area contributed by atoms with Crippen molar-refractivity contribution in [2.24, 2.45) is 0 Å². The Bertz CT molecular complexity index is 292. The summed E-state index contributed by atoms with van der Waals surface area (Å²) in [6.07, 6.45) is 4.97. The van der Waals surface area contributed by atoms with E-state index in [-0.39, 0.29) is 19.0 Å². The van der Waals surface area contributed by atoms with Gasteiger partial charge in [0, 0.05) is 0 Å². The Morgan fingerprint density at radius 2 is 2.07 bits per heavy atom. The highest BCUT2D eigenvalue weighted by atomic mass is 16.4. The van der Waals surface area contributed by atoms with Crippen LogP contribution in [0.2, 0.25) is 0 Å². The number of amides is 1. The maximum absolute atomic E-state index is 11.2. The van der Waals surface area contributed by atoms with Crippen molar-refractivity contribution in [3.05, 3.63) is 0 Å². The Morgan fingerprint density at radius 1 is 1.53 bits per heavy atom. The van der Waals surface area contributed by atoms with Crippen LogP contribution in [0.1, 0.15) is 13.8 Å². The fourth-order valence-corrected chi connectivity index (χ4v) is 0.782. The molecule has 0 saturated carbocycles. The summed E-state index contributed by atoms with van der Waals surface area (Å²) in [5.41, 5.74) is -1.08. The summed E-state index contributed by atoms with van der Waals surface area (Å²) in [4.78, 5) is 23.5. The third-order valence-corrected chi connectivity index (χ3v) is 2.25. The molecule has 2 N–H and O–H groups in total. The molecule has 1 amide bonds. The Morgan fingerprint density at radius 3 is 2.47 bits per heavy atom. The molecule has 0 aromatic carbocycles. The summed E-state index contributed by atoms with van der Waals surface area (Å²) in [5, 5.41) is 11.4. The van der Waals surface area contributed by atoms with Crippen molar-refractivity contribution in [3.63, 3.8) is 0 Å². The summed E-state index contributed by atoms with van der Waals surface area (Å²) in [5.74, 6) is 1.00. The fourth-order valence-electron chi connectivity index (χ4n) is 0.782. The van der Waals surface area contributed by atoms with Crippen molar-refractivity contribution in [2.45, 2.75) is 19.4 Å². The van der Waals surface area contributed by atoms with E-state index >= 15 is 0 Å². The Hall–Kier alpha value is -1.54. The molecule has 0 aliphatic heterocycles. The van der Waals surface area contributed by atoms with Gasteiger partial charge in [-0.2, -0.15) is 0 Å². The lowest BCUT2D eigenvalue weighted by molar-refractivity contribution is -0.149. The van der Waals surface area contributed by atoms with Gasteiger partial charge in [0.2, 0.25) is 5.91 Å². The van der Waals surface area contributed by atoms with E-state index < -0.39 is 11.5 Å². The van der Waals surface area contributed by atoms with Crippen LogP contribution in [0, 0.1) is 12.3 Å². The molecule has 0 aromatic rings. The highest BCUT2D eigenvalue weighted by Crippen LogP contribution is 2.11. The molecule has 15 heavy (non-hydrogen) atoms. The van der Waals surface area contributed by atoms with E-state index in [1.807, 2.05) is 0 Å². The van der Waals surface area contributed by atoms with Gasteiger partial charge in [-0.25, -0.2) is 0 Å². The molecule has 0 heterocycles. The van der Waals surface area contributed by atoms with E-state index in [1.165, 1.54) is 18.7 Å². The van der Waals surface area contributed by atoms with E-state index in [4.69, 9.17) is 11.5 Å². The highest BCUT2D eigenvalue weighted by molar-refractivity contribution is 5.81. The lowest BCUT2D eigenvalue weighted by Crippen LogP contribution is -2.51. The molecular formula is C10H16N2O3. The first-order valence-electron chi connectivity index (χ1n) is 4.47. The number of hydrogen-bond donors (Lipinski definition) is 2. The summed E-state index contributed by atoms with van der Waals surface area (Å²) in [6.45, 7) is 3.22. The molecule has 84 valence electrons. The predicted octanol–water partition coefficient (Wildman–Crippen LogP) is -0.469. The minimum absolute atomic E-state index is 0.000972. The van der Waals surface area contributed by atoms with Crippen molar-refractivity contribution in [3.8, 4) is 12.3 Å². The van der Waals surface area contributed by atoms with Crippen LogP contribution in [0.25, 0.3) is 0 Å². The first-order chi connectivity index (χ1) is 6.82. The molecular weight excluding hydrogens is 196 g/mol. The molecule has 0 saturated heterocycles. The van der Waals surface area contributed by atoms with Crippen LogP contribution in [0.5, 0.6) is 0 Å². The molecule has 0 rings (SSSR count). The minimum Gasteiger partial charge on any atom is -0.480 e. The Kier molecular flexibility index (Phi) is 4.82. The largest absolute Gasteiger partial charge is 0.480 e. The van der Waals surface area contributed by atoms with E-state index in [2.05, 4.69) is 11.2 Å². The van der Waals surface area contributed by atoms with E-state index in [9.17, 15) is 9.59 Å². The summed E-state index contributed by atoms with van der Waals surface area (Å²) in [7, 11) is 1.57. The first kappa shape index (κ1) is 13.5. The smallest absolute Gasteiger partial charge is 0.323 e. The van der Waals surface area contributed by atoms with Gasteiger partial charge in [-0.3, -0.25) is 14.5 Å². The van der Waals surface area contributed by atoms with Crippen LogP contribution in [0.3, 0.4) is 0 Å². The summed E-state index contributed by atoms with van der Waals surface area (Å²) in [6, 6.07) is 0. The zero-order chi connectivity index (χ0) is 12.1. The van der Waals surface area contributed by atoms with Crippen LogP contribution < -0.4 is 5.32 Å². The fraction of sp³-hybridized carbons (Fsp3) is 0.600. The Balaban J connectivity index is 4.25.